The lowest BCUT2D eigenvalue weighted by molar-refractivity contribution is 0.279. The smallest absolute Gasteiger partial charge is 0.168 e. The highest BCUT2D eigenvalue weighted by Crippen LogP contribution is 2.22. The van der Waals surface area contributed by atoms with Crippen LogP contribution in [-0.4, -0.2) is 12.2 Å². The van der Waals surface area contributed by atoms with Crippen molar-refractivity contribution in [2.45, 2.75) is 13.5 Å². The minimum absolute atomic E-state index is 0.146. The van der Waals surface area contributed by atoms with E-state index in [1.165, 1.54) is 13.2 Å². The molecule has 0 saturated carbocycles. The molecule has 0 radical (unpaired) electrons. The van der Waals surface area contributed by atoms with Gasteiger partial charge in [-0.3, -0.25) is 0 Å². The number of methoxy groups -OCH3 is 1. The summed E-state index contributed by atoms with van der Waals surface area (Å²) in [5, 5.41) is 8.80. The van der Waals surface area contributed by atoms with E-state index in [1.807, 2.05) is 0 Å². The fourth-order valence-corrected chi connectivity index (χ4v) is 1.03. The molecule has 66 valence electrons. The van der Waals surface area contributed by atoms with Crippen molar-refractivity contribution in [1.82, 2.24) is 0 Å². The Balaban J connectivity index is 3.20. The van der Waals surface area contributed by atoms with Crippen LogP contribution in [0.15, 0.2) is 12.1 Å². The average molecular weight is 170 g/mol. The Labute approximate surface area is 70.6 Å². The number of benzene rings is 1. The molecule has 0 bridgehead atoms. The fourth-order valence-electron chi connectivity index (χ4n) is 1.03. The van der Waals surface area contributed by atoms with Crippen LogP contribution < -0.4 is 4.74 Å². The van der Waals surface area contributed by atoms with Crippen LogP contribution in [0.4, 0.5) is 4.39 Å². The molecule has 0 spiro atoms. The van der Waals surface area contributed by atoms with Gasteiger partial charge in [0.15, 0.2) is 11.6 Å². The van der Waals surface area contributed by atoms with Crippen LogP contribution in [0.3, 0.4) is 0 Å². The van der Waals surface area contributed by atoms with Crippen molar-refractivity contribution < 1.29 is 14.2 Å². The highest BCUT2D eigenvalue weighted by Gasteiger charge is 2.08. The lowest BCUT2D eigenvalue weighted by atomic mass is 10.1. The van der Waals surface area contributed by atoms with E-state index in [4.69, 9.17) is 9.84 Å². The Bertz CT molecular complexity index is 255. The van der Waals surface area contributed by atoms with Crippen molar-refractivity contribution in [2.75, 3.05) is 7.11 Å². The minimum Gasteiger partial charge on any atom is -0.494 e. The van der Waals surface area contributed by atoms with Gasteiger partial charge >= 0.3 is 0 Å². The highest BCUT2D eigenvalue weighted by atomic mass is 19.1. The van der Waals surface area contributed by atoms with Crippen LogP contribution >= 0.6 is 0 Å². The van der Waals surface area contributed by atoms with E-state index in [2.05, 4.69) is 0 Å². The number of hydrogen-bond acceptors (Lipinski definition) is 2. The first-order valence-corrected chi connectivity index (χ1v) is 3.63. The Hall–Kier alpha value is -1.09. The number of ether oxygens (including phenoxy) is 1. The number of rotatable bonds is 2. The largest absolute Gasteiger partial charge is 0.494 e. The van der Waals surface area contributed by atoms with Crippen molar-refractivity contribution in [3.63, 3.8) is 0 Å². The molecule has 0 amide bonds. The van der Waals surface area contributed by atoms with Gasteiger partial charge in [-0.25, -0.2) is 4.39 Å². The van der Waals surface area contributed by atoms with Crippen LogP contribution in [0.5, 0.6) is 5.75 Å². The molecule has 0 saturated heterocycles. The molecular formula is C9H11FO2. The maximum Gasteiger partial charge on any atom is 0.168 e. The molecule has 0 aliphatic heterocycles. The molecule has 3 heteroatoms. The summed E-state index contributed by atoms with van der Waals surface area (Å²) in [6.07, 6.45) is 0. The number of aliphatic hydroxyl groups is 1. The molecule has 2 nitrogen and oxygen atoms in total. The SMILES string of the molecule is COc1ccc(CO)c(C)c1F. The van der Waals surface area contributed by atoms with Crippen LogP contribution in [0.25, 0.3) is 0 Å². The first-order chi connectivity index (χ1) is 5.70. The second kappa shape index (κ2) is 3.54. The molecule has 0 fully saturated rings. The Kier molecular flexibility index (Phi) is 2.65. The summed E-state index contributed by atoms with van der Waals surface area (Å²) < 4.78 is 18.0. The maximum atomic E-state index is 13.2. The van der Waals surface area contributed by atoms with Crippen molar-refractivity contribution in [1.29, 1.82) is 0 Å². The predicted molar refractivity (Wildman–Crippen MR) is 43.6 cm³/mol. The zero-order valence-electron chi connectivity index (χ0n) is 7.10. The Morgan fingerprint density at radius 3 is 2.67 bits per heavy atom. The van der Waals surface area contributed by atoms with Crippen molar-refractivity contribution >= 4 is 0 Å². The summed E-state index contributed by atoms with van der Waals surface area (Å²) in [5.74, 6) is -0.186. The lowest BCUT2D eigenvalue weighted by Crippen LogP contribution is -1.96. The standard InChI is InChI=1S/C9H11FO2/c1-6-7(5-11)3-4-8(12-2)9(6)10/h3-4,11H,5H2,1-2H3. The van der Waals surface area contributed by atoms with E-state index in [0.29, 0.717) is 11.1 Å². The molecule has 1 aromatic rings. The van der Waals surface area contributed by atoms with Crippen molar-refractivity contribution in [3.8, 4) is 5.75 Å². The van der Waals surface area contributed by atoms with Gasteiger partial charge in [0, 0.05) is 0 Å². The zero-order chi connectivity index (χ0) is 9.14. The van der Waals surface area contributed by atoms with Crippen molar-refractivity contribution in [2.24, 2.45) is 0 Å². The quantitative estimate of drug-likeness (QED) is 0.731. The lowest BCUT2D eigenvalue weighted by Gasteiger charge is -2.07. The number of hydrogen-bond donors (Lipinski definition) is 1. The molecule has 0 heterocycles. The van der Waals surface area contributed by atoms with E-state index >= 15 is 0 Å². The second-order valence-electron chi connectivity index (χ2n) is 2.52. The first kappa shape index (κ1) is 9.00. The topological polar surface area (TPSA) is 29.5 Å². The van der Waals surface area contributed by atoms with E-state index < -0.39 is 5.82 Å². The molecule has 0 unspecified atom stereocenters. The van der Waals surface area contributed by atoms with Gasteiger partial charge in [-0.15, -0.1) is 0 Å². The molecular weight excluding hydrogens is 159 g/mol. The molecule has 0 atom stereocenters. The van der Waals surface area contributed by atoms with E-state index in [-0.39, 0.29) is 12.4 Å². The van der Waals surface area contributed by atoms with Crippen LogP contribution in [-0.2, 0) is 6.61 Å². The molecule has 1 aromatic carbocycles. The fraction of sp³-hybridized carbons (Fsp3) is 0.333. The van der Waals surface area contributed by atoms with Gasteiger partial charge in [-0.2, -0.15) is 0 Å². The van der Waals surface area contributed by atoms with E-state index in [0.717, 1.165) is 0 Å². The normalized spacial score (nSPS) is 10.0. The van der Waals surface area contributed by atoms with Gasteiger partial charge in [0.1, 0.15) is 0 Å². The average Bonchev–Trinajstić information content (AvgIpc) is 2.10. The molecule has 12 heavy (non-hydrogen) atoms. The van der Waals surface area contributed by atoms with E-state index in [1.54, 1.807) is 13.0 Å². The summed E-state index contributed by atoms with van der Waals surface area (Å²) in [5.41, 5.74) is 1.03. The van der Waals surface area contributed by atoms with Gasteiger partial charge in [-0.1, -0.05) is 6.07 Å². The van der Waals surface area contributed by atoms with Gasteiger partial charge < -0.3 is 9.84 Å². The molecule has 0 aliphatic rings. The third-order valence-corrected chi connectivity index (χ3v) is 1.85. The molecule has 1 N–H and O–H groups in total. The van der Waals surface area contributed by atoms with Crippen LogP contribution in [0.2, 0.25) is 0 Å². The van der Waals surface area contributed by atoms with E-state index in [9.17, 15) is 4.39 Å². The zero-order valence-corrected chi connectivity index (χ0v) is 7.10. The monoisotopic (exact) mass is 170 g/mol. The van der Waals surface area contributed by atoms with Gasteiger partial charge in [-0.05, 0) is 24.1 Å². The van der Waals surface area contributed by atoms with Gasteiger partial charge in [0.25, 0.3) is 0 Å². The Morgan fingerprint density at radius 2 is 2.17 bits per heavy atom. The molecule has 0 aromatic heterocycles. The first-order valence-electron chi connectivity index (χ1n) is 3.63. The summed E-state index contributed by atoms with van der Waals surface area (Å²) >= 11 is 0. The Morgan fingerprint density at radius 1 is 1.50 bits per heavy atom. The second-order valence-corrected chi connectivity index (χ2v) is 2.52. The van der Waals surface area contributed by atoms with Gasteiger partial charge in [0.05, 0.1) is 13.7 Å². The number of halogens is 1. The maximum absolute atomic E-state index is 13.2. The molecule has 0 aliphatic carbocycles. The molecule has 1 rings (SSSR count). The number of aliphatic hydroxyl groups excluding tert-OH is 1. The highest BCUT2D eigenvalue weighted by molar-refractivity contribution is 5.36. The van der Waals surface area contributed by atoms with Crippen LogP contribution in [0, 0.1) is 12.7 Å². The van der Waals surface area contributed by atoms with Gasteiger partial charge in [0.2, 0.25) is 0 Å². The minimum atomic E-state index is -0.399. The predicted octanol–water partition coefficient (Wildman–Crippen LogP) is 1.64. The summed E-state index contributed by atoms with van der Waals surface area (Å²) in [7, 11) is 1.41. The third-order valence-electron chi connectivity index (χ3n) is 1.85. The van der Waals surface area contributed by atoms with Crippen LogP contribution in [0.1, 0.15) is 11.1 Å². The third kappa shape index (κ3) is 1.41. The van der Waals surface area contributed by atoms with Crippen molar-refractivity contribution in [3.05, 3.63) is 29.1 Å². The summed E-state index contributed by atoms with van der Waals surface area (Å²) in [4.78, 5) is 0. The summed E-state index contributed by atoms with van der Waals surface area (Å²) in [6, 6.07) is 3.16. The summed E-state index contributed by atoms with van der Waals surface area (Å²) in [6.45, 7) is 1.47.